The first-order valence-corrected chi connectivity index (χ1v) is 16.1. The normalized spacial score (nSPS) is 16.3. The fourth-order valence-electron chi connectivity index (χ4n) is 4.84. The molecule has 2 aliphatic rings. The van der Waals surface area contributed by atoms with E-state index in [4.69, 9.17) is 4.98 Å². The first-order chi connectivity index (χ1) is 19.9. The van der Waals surface area contributed by atoms with E-state index in [0.29, 0.717) is 12.0 Å². The third-order valence-corrected chi connectivity index (χ3v) is 7.58. The van der Waals surface area contributed by atoms with Crippen LogP contribution in [-0.2, 0) is 5.41 Å². The van der Waals surface area contributed by atoms with Crippen molar-refractivity contribution in [3.8, 4) is 0 Å². The predicted octanol–water partition coefficient (Wildman–Crippen LogP) is 8.38. The molecule has 1 aliphatic carbocycles. The number of allylic oxidation sites excluding steroid dienone is 7. The summed E-state index contributed by atoms with van der Waals surface area (Å²) in [4.78, 5) is 7.17. The van der Waals surface area contributed by atoms with E-state index in [0.717, 1.165) is 68.5 Å². The van der Waals surface area contributed by atoms with E-state index in [-0.39, 0.29) is 56.8 Å². The fraction of sp³-hybridized carbons (Fsp3) is 0.500. The van der Waals surface area contributed by atoms with Gasteiger partial charge in [-0.15, -0.1) is 30.9 Å². The van der Waals surface area contributed by atoms with Crippen molar-refractivity contribution >= 4 is 5.70 Å². The maximum Gasteiger partial charge on any atom is 1.00 e. The van der Waals surface area contributed by atoms with Crippen LogP contribution in [0.1, 0.15) is 119 Å². The van der Waals surface area contributed by atoms with Crippen molar-refractivity contribution in [3.05, 3.63) is 114 Å². The molecule has 0 radical (unpaired) electrons. The van der Waals surface area contributed by atoms with Gasteiger partial charge in [0, 0.05) is 12.7 Å². The largest absolute Gasteiger partial charge is 1.00 e. The topological polar surface area (TPSA) is 16.1 Å². The molecule has 3 rings (SSSR count). The first kappa shape index (κ1) is 41.6. The van der Waals surface area contributed by atoms with Gasteiger partial charge in [-0.1, -0.05) is 113 Å². The zero-order valence-corrected chi connectivity index (χ0v) is 32.6. The molecule has 43 heavy (non-hydrogen) atoms. The van der Waals surface area contributed by atoms with Crippen molar-refractivity contribution in [2.75, 3.05) is 6.54 Å². The Balaban J connectivity index is 0.000000903. The Morgan fingerprint density at radius 3 is 2.28 bits per heavy atom. The Hall–Kier alpha value is -1.36. The number of hydrogen-bond acceptors (Lipinski definition) is 2. The van der Waals surface area contributed by atoms with Gasteiger partial charge in [0.15, 0.2) is 0 Å². The van der Waals surface area contributed by atoms with Gasteiger partial charge in [-0.05, 0) is 41.8 Å². The van der Waals surface area contributed by atoms with Crippen LogP contribution in [0.25, 0.3) is 5.70 Å². The van der Waals surface area contributed by atoms with E-state index in [1.54, 1.807) is 6.08 Å². The van der Waals surface area contributed by atoms with Crippen LogP contribution in [0, 0.1) is 24.5 Å². The number of nitrogens with zero attached hydrogens (tertiary/aromatic N) is 2. The Labute approximate surface area is 309 Å². The molecule has 0 fully saturated rings. The average Bonchev–Trinajstić information content (AvgIpc) is 3.00. The molecule has 3 heteroatoms. The predicted molar refractivity (Wildman–Crippen MR) is 187 cm³/mol. The second-order valence-corrected chi connectivity index (χ2v) is 12.3. The van der Waals surface area contributed by atoms with Crippen molar-refractivity contribution in [2.45, 2.75) is 119 Å². The monoisotopic (exact) mass is 606 g/mol. The first-order valence-electron chi connectivity index (χ1n) is 16.1. The Bertz CT molecular complexity index is 1110. The SMILES string of the molecule is C=C(c1ccc(C(C)(C)C)cn1)N1CC[C-]=C(C(=[C-]CC)CCC)C1CC.C=CC(=C)CC.CC(C)C1=CC[CH-]C=C1.[K+]. The molecule has 1 unspecified atom stereocenters. The van der Waals surface area contributed by atoms with E-state index >= 15 is 0 Å². The molecule has 0 N–H and O–H groups in total. The minimum absolute atomic E-state index is 0. The van der Waals surface area contributed by atoms with E-state index in [2.05, 4.69) is 136 Å². The summed E-state index contributed by atoms with van der Waals surface area (Å²) in [6, 6.07) is 4.63. The molecule has 1 aromatic heterocycles. The van der Waals surface area contributed by atoms with Crippen LogP contribution in [0.4, 0.5) is 0 Å². The van der Waals surface area contributed by atoms with Gasteiger partial charge >= 0.3 is 51.4 Å². The molecule has 2 heterocycles. The van der Waals surface area contributed by atoms with Crippen LogP contribution in [0.15, 0.2) is 84.7 Å². The van der Waals surface area contributed by atoms with Gasteiger partial charge in [0.25, 0.3) is 0 Å². The number of rotatable bonds is 10. The van der Waals surface area contributed by atoms with Crippen LogP contribution < -0.4 is 51.4 Å². The average molecular weight is 607 g/mol. The van der Waals surface area contributed by atoms with Gasteiger partial charge in [-0.3, -0.25) is 4.98 Å². The third-order valence-electron chi connectivity index (χ3n) is 7.58. The summed E-state index contributed by atoms with van der Waals surface area (Å²) < 4.78 is 0. The summed E-state index contributed by atoms with van der Waals surface area (Å²) in [5.74, 6) is 0.690. The van der Waals surface area contributed by atoms with Gasteiger partial charge in [0.1, 0.15) is 0 Å². The molecule has 0 bridgehead atoms. The Kier molecular flexibility index (Phi) is 21.5. The van der Waals surface area contributed by atoms with Crippen LogP contribution in [0.2, 0.25) is 0 Å². The summed E-state index contributed by atoms with van der Waals surface area (Å²) in [5.41, 5.74) is 8.62. The zero-order valence-electron chi connectivity index (χ0n) is 29.4. The molecular weight excluding hydrogens is 548 g/mol. The van der Waals surface area contributed by atoms with Gasteiger partial charge in [0.2, 0.25) is 0 Å². The van der Waals surface area contributed by atoms with Crippen LogP contribution in [0.3, 0.4) is 0 Å². The second-order valence-electron chi connectivity index (χ2n) is 12.3. The van der Waals surface area contributed by atoms with Crippen molar-refractivity contribution in [1.29, 1.82) is 0 Å². The van der Waals surface area contributed by atoms with Crippen molar-refractivity contribution in [1.82, 2.24) is 9.88 Å². The molecule has 0 saturated carbocycles. The summed E-state index contributed by atoms with van der Waals surface area (Å²) in [6.07, 6.45) is 27.1. The molecule has 2 nitrogen and oxygen atoms in total. The fourth-order valence-corrected chi connectivity index (χ4v) is 4.84. The van der Waals surface area contributed by atoms with Crippen LogP contribution in [0.5, 0.6) is 0 Å². The standard InChI is InChI=1S/C25H36N2.C9H13.C6H10.K/c1-8-12-20(13-9-2)22-14-11-17-27(24(22)10-3)19(4)23-16-15-21(18-26-23)25(5,6)7;1-8(2)9-6-4-3-5-7-9;1-4-6(3)5-2;/h15-16,18,24H,4,8-12,17H2,1-3,5-7H3;3-4,6-8H,5H2,1-2H3;4H,1,3,5H2,2H3;/q-2;-1;;+1. The smallest absolute Gasteiger partial charge is 0.384 e. The Morgan fingerprint density at radius 1 is 1.19 bits per heavy atom. The molecular formula is C40H59KN2-2. The number of aromatic nitrogens is 1. The maximum absolute atomic E-state index is 4.74. The third kappa shape index (κ3) is 14.5. The summed E-state index contributed by atoms with van der Waals surface area (Å²) >= 11 is 0. The zero-order chi connectivity index (χ0) is 31.7. The second kappa shape index (κ2) is 22.2. The summed E-state index contributed by atoms with van der Waals surface area (Å²) in [5, 5.41) is 0. The Morgan fingerprint density at radius 2 is 1.88 bits per heavy atom. The van der Waals surface area contributed by atoms with E-state index in [1.807, 2.05) is 6.20 Å². The van der Waals surface area contributed by atoms with Crippen molar-refractivity contribution in [2.24, 2.45) is 5.92 Å². The molecule has 0 spiro atoms. The van der Waals surface area contributed by atoms with Crippen molar-refractivity contribution < 1.29 is 51.4 Å². The van der Waals surface area contributed by atoms with Gasteiger partial charge in [-0.2, -0.15) is 0 Å². The molecule has 0 saturated heterocycles. The van der Waals surface area contributed by atoms with Crippen molar-refractivity contribution in [3.63, 3.8) is 0 Å². The molecule has 1 aliphatic heterocycles. The number of hydrogen-bond donors (Lipinski definition) is 0. The quantitative estimate of drug-likeness (QED) is 0.151. The van der Waals surface area contributed by atoms with Gasteiger partial charge in [0.05, 0.1) is 11.4 Å². The van der Waals surface area contributed by atoms with Gasteiger partial charge in [-0.25, -0.2) is 18.6 Å². The minimum atomic E-state index is 0. The van der Waals surface area contributed by atoms with Gasteiger partial charge < -0.3 is 28.2 Å². The molecule has 0 amide bonds. The molecule has 0 aromatic carbocycles. The molecule has 1 aromatic rings. The van der Waals surface area contributed by atoms with E-state index in [1.165, 1.54) is 22.3 Å². The molecule has 232 valence electrons. The van der Waals surface area contributed by atoms with E-state index < -0.39 is 0 Å². The maximum atomic E-state index is 4.74. The van der Waals surface area contributed by atoms with Crippen LogP contribution >= 0.6 is 0 Å². The molecule has 1 atom stereocenters. The summed E-state index contributed by atoms with van der Waals surface area (Å²) in [7, 11) is 0. The van der Waals surface area contributed by atoms with E-state index in [9.17, 15) is 0 Å². The summed E-state index contributed by atoms with van der Waals surface area (Å²) in [6.45, 7) is 32.4. The minimum Gasteiger partial charge on any atom is -0.384 e. The van der Waals surface area contributed by atoms with Crippen LogP contribution in [-0.4, -0.2) is 22.5 Å². The number of pyridine rings is 1.